The fourth-order valence-electron chi connectivity index (χ4n) is 3.57. The molecule has 0 aliphatic carbocycles. The number of pyridine rings is 1. The van der Waals surface area contributed by atoms with Gasteiger partial charge in [-0.25, -0.2) is 4.98 Å². The zero-order chi connectivity index (χ0) is 20.6. The van der Waals surface area contributed by atoms with Crippen LogP contribution in [0.5, 0.6) is 0 Å². The number of nitrogens with one attached hydrogen (secondary N) is 1. The quantitative estimate of drug-likeness (QED) is 0.690. The number of piperazine rings is 1. The molecule has 3 aromatic rings. The molecule has 3 heterocycles. The molecule has 1 saturated heterocycles. The van der Waals surface area contributed by atoms with Crippen LogP contribution in [0.4, 0.5) is 18.9 Å². The van der Waals surface area contributed by atoms with Crippen molar-refractivity contribution >= 4 is 34.2 Å². The van der Waals surface area contributed by atoms with E-state index >= 15 is 0 Å². The van der Waals surface area contributed by atoms with Gasteiger partial charge in [-0.2, -0.15) is 13.2 Å². The molecule has 4 rings (SSSR count). The number of hydrogen-bond donors (Lipinski definition) is 1. The SMILES string of the molecule is O=C(Cc1c[nH]c2ncccc12)N1CCN(c2ccc(C(F)(F)F)cc2Cl)CC1. The van der Waals surface area contributed by atoms with Crippen LogP contribution in [0.15, 0.2) is 42.7 Å². The van der Waals surface area contributed by atoms with Crippen LogP contribution in [0.2, 0.25) is 5.02 Å². The lowest BCUT2D eigenvalue weighted by Crippen LogP contribution is -2.49. The molecule has 1 aromatic carbocycles. The van der Waals surface area contributed by atoms with Gasteiger partial charge in [0.25, 0.3) is 0 Å². The van der Waals surface area contributed by atoms with Gasteiger partial charge in [0.05, 0.1) is 22.7 Å². The maximum absolute atomic E-state index is 12.8. The van der Waals surface area contributed by atoms with Crippen molar-refractivity contribution in [1.29, 1.82) is 0 Å². The van der Waals surface area contributed by atoms with E-state index in [1.807, 2.05) is 17.0 Å². The van der Waals surface area contributed by atoms with E-state index in [9.17, 15) is 18.0 Å². The Morgan fingerprint density at radius 3 is 2.62 bits per heavy atom. The highest BCUT2D eigenvalue weighted by molar-refractivity contribution is 6.33. The second-order valence-electron chi connectivity index (χ2n) is 6.92. The summed E-state index contributed by atoms with van der Waals surface area (Å²) in [6.45, 7) is 1.98. The van der Waals surface area contributed by atoms with Crippen LogP contribution in [0.1, 0.15) is 11.1 Å². The number of alkyl halides is 3. The van der Waals surface area contributed by atoms with Gasteiger partial charge in [0.2, 0.25) is 5.91 Å². The zero-order valence-corrected chi connectivity index (χ0v) is 16.1. The highest BCUT2D eigenvalue weighted by Crippen LogP contribution is 2.35. The minimum atomic E-state index is -4.43. The molecule has 9 heteroatoms. The summed E-state index contributed by atoms with van der Waals surface area (Å²) >= 11 is 6.09. The maximum atomic E-state index is 12.8. The molecule has 0 atom stereocenters. The smallest absolute Gasteiger partial charge is 0.367 e. The third kappa shape index (κ3) is 4.03. The second kappa shape index (κ2) is 7.59. The van der Waals surface area contributed by atoms with Crippen molar-refractivity contribution in [1.82, 2.24) is 14.9 Å². The zero-order valence-electron chi connectivity index (χ0n) is 15.3. The molecule has 1 amide bonds. The molecule has 1 fully saturated rings. The standard InChI is InChI=1S/C20H18ClF3N4O/c21-16-11-14(20(22,23)24)3-4-17(16)27-6-8-28(9-7-27)18(29)10-13-12-26-19-15(13)2-1-5-25-19/h1-5,11-12H,6-10H2,(H,25,26). The van der Waals surface area contributed by atoms with Gasteiger partial charge in [-0.15, -0.1) is 0 Å². The number of anilines is 1. The minimum Gasteiger partial charge on any atom is -0.367 e. The Balaban J connectivity index is 1.40. The summed E-state index contributed by atoms with van der Waals surface area (Å²) in [5.74, 6) is 0.00733. The first-order valence-corrected chi connectivity index (χ1v) is 9.51. The van der Waals surface area contributed by atoms with Crippen molar-refractivity contribution in [2.24, 2.45) is 0 Å². The van der Waals surface area contributed by atoms with E-state index in [1.165, 1.54) is 6.07 Å². The summed E-state index contributed by atoms with van der Waals surface area (Å²) in [5, 5.41) is 0.988. The molecule has 0 saturated carbocycles. The molecular formula is C20H18ClF3N4O. The lowest BCUT2D eigenvalue weighted by Gasteiger charge is -2.36. The molecule has 29 heavy (non-hydrogen) atoms. The molecule has 2 aromatic heterocycles. The summed E-state index contributed by atoms with van der Waals surface area (Å²) in [5.41, 5.74) is 1.42. The Bertz CT molecular complexity index is 1040. The van der Waals surface area contributed by atoms with E-state index in [2.05, 4.69) is 9.97 Å². The first-order chi connectivity index (χ1) is 13.8. The summed E-state index contributed by atoms with van der Waals surface area (Å²) < 4.78 is 38.4. The number of aromatic amines is 1. The van der Waals surface area contributed by atoms with Crippen molar-refractivity contribution in [3.8, 4) is 0 Å². The summed E-state index contributed by atoms with van der Waals surface area (Å²) in [6.07, 6.45) is -0.665. The molecule has 0 spiro atoms. The number of aromatic nitrogens is 2. The largest absolute Gasteiger partial charge is 0.416 e. The number of hydrogen-bond acceptors (Lipinski definition) is 3. The van der Waals surface area contributed by atoms with Crippen molar-refractivity contribution in [3.05, 3.63) is 58.9 Å². The van der Waals surface area contributed by atoms with E-state index in [0.717, 1.165) is 28.7 Å². The minimum absolute atomic E-state index is 0.00733. The lowest BCUT2D eigenvalue weighted by molar-refractivity contribution is -0.137. The van der Waals surface area contributed by atoms with Gasteiger partial charge in [0.15, 0.2) is 0 Å². The Hall–Kier alpha value is -2.74. The van der Waals surface area contributed by atoms with Crippen molar-refractivity contribution < 1.29 is 18.0 Å². The van der Waals surface area contributed by atoms with Crippen molar-refractivity contribution in [2.45, 2.75) is 12.6 Å². The molecule has 1 aliphatic heterocycles. The first kappa shape index (κ1) is 19.6. The Morgan fingerprint density at radius 2 is 1.93 bits per heavy atom. The van der Waals surface area contributed by atoms with Crippen LogP contribution in [0.25, 0.3) is 11.0 Å². The second-order valence-corrected chi connectivity index (χ2v) is 7.33. The lowest BCUT2D eigenvalue weighted by atomic mass is 10.1. The number of amides is 1. The van der Waals surface area contributed by atoms with E-state index in [-0.39, 0.29) is 17.4 Å². The Labute approximate surface area is 170 Å². The first-order valence-electron chi connectivity index (χ1n) is 9.13. The molecule has 1 aliphatic rings. The number of benzene rings is 1. The summed E-state index contributed by atoms with van der Waals surface area (Å²) in [7, 11) is 0. The van der Waals surface area contributed by atoms with Crippen LogP contribution in [-0.2, 0) is 17.4 Å². The molecule has 0 bridgehead atoms. The average Bonchev–Trinajstić information content (AvgIpc) is 3.10. The third-order valence-corrected chi connectivity index (χ3v) is 5.43. The van der Waals surface area contributed by atoms with Crippen LogP contribution in [-0.4, -0.2) is 47.0 Å². The predicted octanol–water partition coefficient (Wildman–Crippen LogP) is 4.13. The van der Waals surface area contributed by atoms with Gasteiger partial charge in [-0.05, 0) is 35.9 Å². The highest BCUT2D eigenvalue weighted by atomic mass is 35.5. The topological polar surface area (TPSA) is 52.2 Å². The number of nitrogens with zero attached hydrogens (tertiary/aromatic N) is 3. The van der Waals surface area contributed by atoms with E-state index < -0.39 is 11.7 Å². The number of H-pyrrole nitrogens is 1. The fourth-order valence-corrected chi connectivity index (χ4v) is 3.87. The van der Waals surface area contributed by atoms with E-state index in [1.54, 1.807) is 17.3 Å². The number of carbonyl (C=O) groups excluding carboxylic acids is 1. The summed E-state index contributed by atoms with van der Waals surface area (Å²) in [6, 6.07) is 7.12. The molecule has 0 radical (unpaired) electrons. The van der Waals surface area contributed by atoms with Gasteiger partial charge in [0, 0.05) is 44.0 Å². The third-order valence-electron chi connectivity index (χ3n) is 5.13. The highest BCUT2D eigenvalue weighted by Gasteiger charge is 2.31. The average molecular weight is 423 g/mol. The number of fused-ring (bicyclic) bond motifs is 1. The van der Waals surface area contributed by atoms with E-state index in [4.69, 9.17) is 11.6 Å². The van der Waals surface area contributed by atoms with Crippen LogP contribution in [0, 0.1) is 0 Å². The number of carbonyl (C=O) groups is 1. The number of halogens is 4. The molecule has 0 unspecified atom stereocenters. The predicted molar refractivity (Wildman–Crippen MR) is 105 cm³/mol. The monoisotopic (exact) mass is 422 g/mol. The van der Waals surface area contributed by atoms with Crippen LogP contribution in [0.3, 0.4) is 0 Å². The summed E-state index contributed by atoms with van der Waals surface area (Å²) in [4.78, 5) is 23.7. The van der Waals surface area contributed by atoms with Crippen molar-refractivity contribution in [2.75, 3.05) is 31.1 Å². The van der Waals surface area contributed by atoms with Crippen LogP contribution >= 0.6 is 11.6 Å². The fraction of sp³-hybridized carbons (Fsp3) is 0.300. The van der Waals surface area contributed by atoms with Gasteiger partial charge in [-0.1, -0.05) is 11.6 Å². The Morgan fingerprint density at radius 1 is 1.17 bits per heavy atom. The normalized spacial score (nSPS) is 15.2. The van der Waals surface area contributed by atoms with Gasteiger partial charge >= 0.3 is 6.18 Å². The maximum Gasteiger partial charge on any atom is 0.416 e. The molecule has 152 valence electrons. The van der Waals surface area contributed by atoms with Gasteiger partial charge in [0.1, 0.15) is 5.65 Å². The molecule has 5 nitrogen and oxygen atoms in total. The van der Waals surface area contributed by atoms with E-state index in [0.29, 0.717) is 31.9 Å². The molecule has 1 N–H and O–H groups in total. The van der Waals surface area contributed by atoms with Gasteiger partial charge < -0.3 is 14.8 Å². The number of rotatable bonds is 3. The van der Waals surface area contributed by atoms with Crippen LogP contribution < -0.4 is 4.90 Å². The Kier molecular flexibility index (Phi) is 5.12. The molecular weight excluding hydrogens is 405 g/mol. The van der Waals surface area contributed by atoms with Crippen molar-refractivity contribution in [3.63, 3.8) is 0 Å². The van der Waals surface area contributed by atoms with Gasteiger partial charge in [-0.3, -0.25) is 4.79 Å².